The second-order valence-electron chi connectivity index (χ2n) is 9.43. The Hall–Kier alpha value is -3.27. The molecule has 2 N–H and O–H groups in total. The number of unbranched alkanes of at least 4 members (excludes halogenated alkanes) is 6. The molecule has 1 aliphatic heterocycles. The summed E-state index contributed by atoms with van der Waals surface area (Å²) in [6.45, 7) is 5.34. The average Bonchev–Trinajstić information content (AvgIpc) is 3.31. The molecular formula is C28H39FN2O7. The molecular weight excluding hydrogens is 495 g/mol. The van der Waals surface area contributed by atoms with Gasteiger partial charge >= 0.3 is 17.9 Å². The molecule has 0 amide bonds. The van der Waals surface area contributed by atoms with Crippen LogP contribution >= 0.6 is 0 Å². The zero-order valence-corrected chi connectivity index (χ0v) is 22.1. The number of aliphatic carboxylic acids is 2. The number of ether oxygens (including phenoxy) is 1. The van der Waals surface area contributed by atoms with Crippen LogP contribution in [-0.4, -0.2) is 64.4 Å². The molecule has 0 spiro atoms. The number of esters is 1. The molecule has 210 valence electrons. The lowest BCUT2D eigenvalue weighted by Crippen LogP contribution is -2.35. The number of likely N-dealkylation sites (tertiary alicyclic amines) is 1. The molecule has 9 nitrogen and oxygen atoms in total. The molecule has 0 bridgehead atoms. The van der Waals surface area contributed by atoms with E-state index in [1.165, 1.54) is 44.2 Å². The summed E-state index contributed by atoms with van der Waals surface area (Å²) < 4.78 is 24.0. The number of hydrogen-bond donors (Lipinski definition) is 2. The number of hydrogen-bond acceptors (Lipinski definition) is 7. The van der Waals surface area contributed by atoms with Crippen molar-refractivity contribution in [1.82, 2.24) is 10.1 Å². The van der Waals surface area contributed by atoms with Gasteiger partial charge in [-0.3, -0.25) is 9.69 Å². The highest BCUT2D eigenvalue weighted by atomic mass is 19.1. The van der Waals surface area contributed by atoms with E-state index in [0.29, 0.717) is 36.7 Å². The summed E-state index contributed by atoms with van der Waals surface area (Å²) in [6.07, 6.45) is 12.1. The van der Waals surface area contributed by atoms with Crippen LogP contribution in [0.25, 0.3) is 11.0 Å². The molecule has 1 fully saturated rings. The van der Waals surface area contributed by atoms with Gasteiger partial charge in [-0.15, -0.1) is 0 Å². The number of piperidine rings is 1. The van der Waals surface area contributed by atoms with E-state index in [1.54, 1.807) is 6.07 Å². The highest BCUT2D eigenvalue weighted by Crippen LogP contribution is 2.32. The Morgan fingerprint density at radius 2 is 1.68 bits per heavy atom. The first-order valence-corrected chi connectivity index (χ1v) is 13.4. The number of nitrogens with zero attached hydrogens (tertiary/aromatic N) is 2. The van der Waals surface area contributed by atoms with Crippen LogP contribution in [-0.2, 0) is 19.1 Å². The Morgan fingerprint density at radius 1 is 1.05 bits per heavy atom. The fourth-order valence-electron chi connectivity index (χ4n) is 4.39. The first-order chi connectivity index (χ1) is 18.3. The summed E-state index contributed by atoms with van der Waals surface area (Å²) in [5.74, 6) is -2.56. The van der Waals surface area contributed by atoms with Gasteiger partial charge in [0, 0.05) is 42.5 Å². The van der Waals surface area contributed by atoms with Crippen LogP contribution in [0.3, 0.4) is 0 Å². The van der Waals surface area contributed by atoms with Crippen LogP contribution < -0.4 is 0 Å². The van der Waals surface area contributed by atoms with Gasteiger partial charge in [-0.1, -0.05) is 50.6 Å². The predicted molar refractivity (Wildman–Crippen MR) is 140 cm³/mol. The van der Waals surface area contributed by atoms with Crippen molar-refractivity contribution in [2.75, 3.05) is 26.2 Å². The Kier molecular flexibility index (Phi) is 14.1. The van der Waals surface area contributed by atoms with Gasteiger partial charge in [-0.05, 0) is 44.5 Å². The van der Waals surface area contributed by atoms with Gasteiger partial charge in [0.2, 0.25) is 0 Å². The molecule has 1 saturated heterocycles. The second-order valence-corrected chi connectivity index (χ2v) is 9.43. The van der Waals surface area contributed by atoms with Gasteiger partial charge in [0.1, 0.15) is 12.4 Å². The van der Waals surface area contributed by atoms with Crippen molar-refractivity contribution >= 4 is 28.9 Å². The molecule has 0 saturated carbocycles. The zero-order valence-electron chi connectivity index (χ0n) is 22.1. The van der Waals surface area contributed by atoms with E-state index in [0.717, 1.165) is 56.4 Å². The van der Waals surface area contributed by atoms with Crippen LogP contribution in [0.15, 0.2) is 34.9 Å². The molecule has 0 aliphatic carbocycles. The number of rotatable bonds is 14. The smallest absolute Gasteiger partial charge is 0.328 e. The van der Waals surface area contributed by atoms with E-state index in [4.69, 9.17) is 19.5 Å². The summed E-state index contributed by atoms with van der Waals surface area (Å²) in [7, 11) is 0. The molecule has 2 aromatic rings. The zero-order chi connectivity index (χ0) is 27.8. The molecule has 10 heteroatoms. The maximum Gasteiger partial charge on any atom is 0.328 e. The van der Waals surface area contributed by atoms with Crippen LogP contribution in [0.1, 0.15) is 82.7 Å². The van der Waals surface area contributed by atoms with Crippen molar-refractivity contribution in [1.29, 1.82) is 0 Å². The third kappa shape index (κ3) is 11.9. The molecule has 1 aromatic carbocycles. The molecule has 1 aliphatic rings. The van der Waals surface area contributed by atoms with Crippen LogP contribution in [0.4, 0.5) is 4.39 Å². The van der Waals surface area contributed by atoms with Crippen molar-refractivity contribution in [3.63, 3.8) is 0 Å². The monoisotopic (exact) mass is 534 g/mol. The van der Waals surface area contributed by atoms with Gasteiger partial charge < -0.3 is 19.5 Å². The quantitative estimate of drug-likeness (QED) is 0.182. The number of benzene rings is 1. The molecule has 0 radical (unpaired) electrons. The van der Waals surface area contributed by atoms with E-state index in [1.807, 2.05) is 0 Å². The molecule has 0 atom stereocenters. The third-order valence-electron chi connectivity index (χ3n) is 6.46. The van der Waals surface area contributed by atoms with E-state index in [2.05, 4.69) is 17.0 Å². The Morgan fingerprint density at radius 3 is 2.32 bits per heavy atom. The third-order valence-corrected chi connectivity index (χ3v) is 6.46. The van der Waals surface area contributed by atoms with Crippen LogP contribution in [0, 0.1) is 5.82 Å². The summed E-state index contributed by atoms with van der Waals surface area (Å²) in [4.78, 5) is 33.3. The lowest BCUT2D eigenvalue weighted by molar-refractivity contribution is -0.144. The van der Waals surface area contributed by atoms with Gasteiger partial charge in [-0.2, -0.15) is 0 Å². The topological polar surface area (TPSA) is 130 Å². The summed E-state index contributed by atoms with van der Waals surface area (Å²) in [5, 5.41) is 20.7. The van der Waals surface area contributed by atoms with Crippen molar-refractivity contribution < 1.29 is 38.2 Å². The fourth-order valence-corrected chi connectivity index (χ4v) is 4.39. The number of carboxylic acid groups (broad SMARTS) is 2. The molecule has 38 heavy (non-hydrogen) atoms. The van der Waals surface area contributed by atoms with Crippen molar-refractivity contribution in [2.45, 2.75) is 77.0 Å². The minimum absolute atomic E-state index is 0.0697. The minimum Gasteiger partial charge on any atom is -0.478 e. The number of fused-ring (bicyclic) bond motifs is 1. The first kappa shape index (κ1) is 31.0. The summed E-state index contributed by atoms with van der Waals surface area (Å²) in [5.41, 5.74) is 1.45. The van der Waals surface area contributed by atoms with Crippen LogP contribution in [0.5, 0.6) is 0 Å². The molecule has 1 aromatic heterocycles. The predicted octanol–water partition coefficient (Wildman–Crippen LogP) is 5.54. The first-order valence-electron chi connectivity index (χ1n) is 13.4. The normalized spacial score (nSPS) is 14.4. The average molecular weight is 535 g/mol. The summed E-state index contributed by atoms with van der Waals surface area (Å²) in [6, 6.07) is 4.61. The lowest BCUT2D eigenvalue weighted by atomic mass is 9.91. The highest BCUT2D eigenvalue weighted by molar-refractivity contribution is 5.89. The largest absolute Gasteiger partial charge is 0.478 e. The van der Waals surface area contributed by atoms with E-state index >= 15 is 0 Å². The lowest BCUT2D eigenvalue weighted by Gasteiger charge is -2.30. The number of carbonyl (C=O) groups excluding carboxylic acids is 1. The number of carboxylic acids is 2. The van der Waals surface area contributed by atoms with Gasteiger partial charge in [0.25, 0.3) is 0 Å². The van der Waals surface area contributed by atoms with Crippen molar-refractivity contribution in [3.05, 3.63) is 41.9 Å². The van der Waals surface area contributed by atoms with Crippen molar-refractivity contribution in [3.8, 4) is 0 Å². The maximum absolute atomic E-state index is 13.3. The number of carbonyl (C=O) groups is 3. The fraction of sp³-hybridized carbons (Fsp3) is 0.571. The molecule has 2 heterocycles. The Labute approximate surface area is 222 Å². The molecule has 0 unspecified atom stereocenters. The van der Waals surface area contributed by atoms with Gasteiger partial charge in [0.15, 0.2) is 5.58 Å². The highest BCUT2D eigenvalue weighted by Gasteiger charge is 2.25. The standard InChI is InChI=1S/C24H35FN2O3.C4H4O4/c1-2-3-4-5-6-7-8-9-23(28)29-17-16-27-14-12-19(13-15-27)24-21-11-10-20(25)18-22(21)30-26-24;5-3(6)1-2-4(7)8/h10-11,18-19H,2-9,12-17H2,1H3;1-2H,(H,5,6)(H,7,8)/b;2-1+. The number of halogens is 1. The molecule has 3 rings (SSSR count). The van der Waals surface area contributed by atoms with E-state index < -0.39 is 11.9 Å². The van der Waals surface area contributed by atoms with Crippen LogP contribution in [0.2, 0.25) is 0 Å². The van der Waals surface area contributed by atoms with E-state index in [-0.39, 0.29) is 11.8 Å². The Balaban J connectivity index is 0.000000550. The van der Waals surface area contributed by atoms with Crippen molar-refractivity contribution in [2.24, 2.45) is 0 Å². The maximum atomic E-state index is 13.3. The Bertz CT molecular complexity index is 1030. The minimum atomic E-state index is -1.26. The summed E-state index contributed by atoms with van der Waals surface area (Å²) >= 11 is 0. The van der Waals surface area contributed by atoms with Gasteiger partial charge in [-0.25, -0.2) is 14.0 Å². The number of aromatic nitrogens is 1. The van der Waals surface area contributed by atoms with Gasteiger partial charge in [0.05, 0.1) is 5.69 Å². The second kappa shape index (κ2) is 17.3. The SMILES string of the molecule is CCCCCCCCCC(=O)OCCN1CCC(c2noc3cc(F)ccc23)CC1.O=C(O)/C=C/C(=O)O. The van der Waals surface area contributed by atoms with E-state index in [9.17, 15) is 18.8 Å².